The third-order valence-electron chi connectivity index (χ3n) is 3.52. The lowest BCUT2D eigenvalue weighted by Gasteiger charge is -2.12. The molecule has 6 nitrogen and oxygen atoms in total. The van der Waals surface area contributed by atoms with Gasteiger partial charge in [0.15, 0.2) is 0 Å². The van der Waals surface area contributed by atoms with Gasteiger partial charge in [0.05, 0.1) is 21.3 Å². The Labute approximate surface area is 166 Å². The fraction of sp³-hybridized carbons (Fsp3) is 0. The maximum atomic E-state index is 12.6. The standard InChI is InChI=1S/C18H13Cl2N3O3S/c19-13-2-1-3-14(10-13)23-27(25,26)15-4-5-16(20)17(11-15)22-18(24)12-6-8-21-9-7-12/h1-11,23H,(H,22,24). The fourth-order valence-corrected chi connectivity index (χ4v) is 3.66. The lowest BCUT2D eigenvalue weighted by atomic mass is 10.2. The largest absolute Gasteiger partial charge is 0.321 e. The molecule has 27 heavy (non-hydrogen) atoms. The van der Waals surface area contributed by atoms with Crippen LogP contribution < -0.4 is 10.0 Å². The second-order valence-corrected chi connectivity index (χ2v) is 7.97. The van der Waals surface area contributed by atoms with Crippen LogP contribution in [0.25, 0.3) is 0 Å². The van der Waals surface area contributed by atoms with E-state index < -0.39 is 15.9 Å². The van der Waals surface area contributed by atoms with E-state index in [1.807, 2.05) is 0 Å². The zero-order valence-corrected chi connectivity index (χ0v) is 16.0. The van der Waals surface area contributed by atoms with Gasteiger partial charge in [-0.25, -0.2) is 8.42 Å². The molecule has 0 radical (unpaired) electrons. The molecule has 0 fully saturated rings. The van der Waals surface area contributed by atoms with Crippen molar-refractivity contribution in [3.05, 3.63) is 82.6 Å². The van der Waals surface area contributed by atoms with Crippen LogP contribution in [0.1, 0.15) is 10.4 Å². The zero-order chi connectivity index (χ0) is 19.4. The van der Waals surface area contributed by atoms with E-state index >= 15 is 0 Å². The highest BCUT2D eigenvalue weighted by molar-refractivity contribution is 7.92. The molecule has 3 aromatic rings. The summed E-state index contributed by atoms with van der Waals surface area (Å²) in [6, 6.07) is 13.4. The van der Waals surface area contributed by atoms with Crippen molar-refractivity contribution in [3.8, 4) is 0 Å². The maximum absolute atomic E-state index is 12.6. The van der Waals surface area contributed by atoms with Crippen molar-refractivity contribution >= 4 is 50.5 Å². The Morgan fingerprint density at radius 3 is 2.41 bits per heavy atom. The van der Waals surface area contributed by atoms with Gasteiger partial charge in [-0.15, -0.1) is 0 Å². The van der Waals surface area contributed by atoms with Crippen LogP contribution >= 0.6 is 23.2 Å². The Hall–Kier alpha value is -2.61. The molecular formula is C18H13Cl2N3O3S. The zero-order valence-electron chi connectivity index (χ0n) is 13.7. The van der Waals surface area contributed by atoms with Crippen molar-refractivity contribution < 1.29 is 13.2 Å². The van der Waals surface area contributed by atoms with E-state index in [0.717, 1.165) is 0 Å². The predicted molar refractivity (Wildman–Crippen MR) is 106 cm³/mol. The van der Waals surface area contributed by atoms with Crippen molar-refractivity contribution in [1.29, 1.82) is 0 Å². The first-order chi connectivity index (χ1) is 12.8. The number of aromatic nitrogens is 1. The third-order valence-corrected chi connectivity index (χ3v) is 5.46. The Balaban J connectivity index is 1.87. The minimum Gasteiger partial charge on any atom is -0.321 e. The third kappa shape index (κ3) is 4.77. The molecule has 2 aromatic carbocycles. The number of rotatable bonds is 5. The SMILES string of the molecule is O=C(Nc1cc(S(=O)(=O)Nc2cccc(Cl)c2)ccc1Cl)c1ccncc1. The van der Waals surface area contributed by atoms with E-state index in [-0.39, 0.29) is 15.6 Å². The highest BCUT2D eigenvalue weighted by Gasteiger charge is 2.17. The first-order valence-electron chi connectivity index (χ1n) is 7.64. The fourth-order valence-electron chi connectivity index (χ4n) is 2.23. The van der Waals surface area contributed by atoms with Gasteiger partial charge in [-0.1, -0.05) is 29.3 Å². The first-order valence-corrected chi connectivity index (χ1v) is 9.88. The summed E-state index contributed by atoms with van der Waals surface area (Å²) in [7, 11) is -3.90. The second-order valence-electron chi connectivity index (χ2n) is 5.45. The van der Waals surface area contributed by atoms with Crippen molar-refractivity contribution in [2.24, 2.45) is 0 Å². The first kappa shape index (κ1) is 19.2. The molecule has 0 aliphatic heterocycles. The lowest BCUT2D eigenvalue weighted by Crippen LogP contribution is -2.15. The number of sulfonamides is 1. The molecule has 0 aliphatic rings. The van der Waals surface area contributed by atoms with E-state index in [4.69, 9.17) is 23.2 Å². The number of nitrogens with one attached hydrogen (secondary N) is 2. The van der Waals surface area contributed by atoms with Crippen LogP contribution in [0.3, 0.4) is 0 Å². The van der Waals surface area contributed by atoms with E-state index in [9.17, 15) is 13.2 Å². The minimum atomic E-state index is -3.90. The quantitative estimate of drug-likeness (QED) is 0.636. The smallest absolute Gasteiger partial charge is 0.261 e. The molecule has 0 saturated heterocycles. The summed E-state index contributed by atoms with van der Waals surface area (Å²) in [5.41, 5.74) is 0.860. The van der Waals surface area contributed by atoms with Crippen molar-refractivity contribution in [3.63, 3.8) is 0 Å². The minimum absolute atomic E-state index is 0.0584. The van der Waals surface area contributed by atoms with E-state index in [1.165, 1.54) is 48.8 Å². The number of halogens is 2. The molecule has 0 atom stereocenters. The average molecular weight is 422 g/mol. The van der Waals surface area contributed by atoms with Crippen LogP contribution in [-0.4, -0.2) is 19.3 Å². The molecule has 0 saturated carbocycles. The van der Waals surface area contributed by atoms with Crippen molar-refractivity contribution in [2.75, 3.05) is 10.0 Å². The Morgan fingerprint density at radius 1 is 0.963 bits per heavy atom. The van der Waals surface area contributed by atoms with E-state index in [2.05, 4.69) is 15.0 Å². The Kier molecular flexibility index (Phi) is 5.65. The number of benzene rings is 2. The highest BCUT2D eigenvalue weighted by atomic mass is 35.5. The number of pyridine rings is 1. The summed E-state index contributed by atoms with van der Waals surface area (Å²) in [5, 5.41) is 3.21. The second kappa shape index (κ2) is 7.96. The van der Waals surface area contributed by atoms with Gasteiger partial charge in [0, 0.05) is 23.0 Å². The molecule has 0 bridgehead atoms. The molecule has 1 amide bonds. The number of nitrogens with zero attached hydrogens (tertiary/aromatic N) is 1. The van der Waals surface area contributed by atoms with Gasteiger partial charge in [-0.05, 0) is 48.5 Å². The molecule has 138 valence electrons. The van der Waals surface area contributed by atoms with Crippen LogP contribution in [0.2, 0.25) is 10.0 Å². The van der Waals surface area contributed by atoms with E-state index in [0.29, 0.717) is 16.3 Å². The number of carbonyl (C=O) groups excluding carboxylic acids is 1. The van der Waals surface area contributed by atoms with Crippen LogP contribution in [0.4, 0.5) is 11.4 Å². The maximum Gasteiger partial charge on any atom is 0.261 e. The number of hydrogen-bond donors (Lipinski definition) is 2. The van der Waals surface area contributed by atoms with Gasteiger partial charge in [-0.2, -0.15) is 0 Å². The number of hydrogen-bond acceptors (Lipinski definition) is 4. The van der Waals surface area contributed by atoms with Crippen molar-refractivity contribution in [2.45, 2.75) is 4.90 Å². The van der Waals surface area contributed by atoms with Gasteiger partial charge >= 0.3 is 0 Å². The average Bonchev–Trinajstić information content (AvgIpc) is 2.63. The normalized spacial score (nSPS) is 11.0. The summed E-state index contributed by atoms with van der Waals surface area (Å²) in [6.07, 6.45) is 2.96. The summed E-state index contributed by atoms with van der Waals surface area (Å²) < 4.78 is 27.7. The number of carbonyl (C=O) groups is 1. The molecule has 9 heteroatoms. The monoisotopic (exact) mass is 421 g/mol. The van der Waals surface area contributed by atoms with Crippen LogP contribution in [0, 0.1) is 0 Å². The molecule has 2 N–H and O–H groups in total. The summed E-state index contributed by atoms with van der Waals surface area (Å²) >= 11 is 12.0. The van der Waals surface area contributed by atoms with Gasteiger partial charge in [-0.3, -0.25) is 14.5 Å². The molecule has 3 rings (SSSR count). The van der Waals surface area contributed by atoms with Crippen LogP contribution in [0.15, 0.2) is 71.9 Å². The Bertz CT molecular complexity index is 1090. The topological polar surface area (TPSA) is 88.2 Å². The predicted octanol–water partition coefficient (Wildman–Crippen LogP) is 4.44. The molecule has 1 aromatic heterocycles. The van der Waals surface area contributed by atoms with Gasteiger partial charge in [0.25, 0.3) is 15.9 Å². The number of amides is 1. The lowest BCUT2D eigenvalue weighted by molar-refractivity contribution is 0.102. The van der Waals surface area contributed by atoms with Crippen LogP contribution in [0.5, 0.6) is 0 Å². The summed E-state index contributed by atoms with van der Waals surface area (Å²) in [4.78, 5) is 16.1. The Morgan fingerprint density at radius 2 is 1.70 bits per heavy atom. The summed E-state index contributed by atoms with van der Waals surface area (Å²) in [6.45, 7) is 0. The number of anilines is 2. The van der Waals surface area contributed by atoms with Gasteiger partial charge in [0.2, 0.25) is 0 Å². The molecule has 1 heterocycles. The molecule has 0 unspecified atom stereocenters. The van der Waals surface area contributed by atoms with E-state index in [1.54, 1.807) is 18.2 Å². The van der Waals surface area contributed by atoms with Crippen molar-refractivity contribution in [1.82, 2.24) is 4.98 Å². The highest BCUT2D eigenvalue weighted by Crippen LogP contribution is 2.27. The molecular weight excluding hydrogens is 409 g/mol. The molecule has 0 aliphatic carbocycles. The van der Waals surface area contributed by atoms with Crippen LogP contribution in [-0.2, 0) is 10.0 Å². The summed E-state index contributed by atoms with van der Waals surface area (Å²) in [5.74, 6) is -0.434. The molecule has 0 spiro atoms. The van der Waals surface area contributed by atoms with Gasteiger partial charge in [0.1, 0.15) is 0 Å². The van der Waals surface area contributed by atoms with Gasteiger partial charge < -0.3 is 5.32 Å².